The Morgan fingerprint density at radius 1 is 1.00 bits per heavy atom. The highest BCUT2D eigenvalue weighted by Gasteiger charge is 2.68. The molecule has 0 unspecified atom stereocenters. The molecule has 2 aliphatic rings. The van der Waals surface area contributed by atoms with E-state index in [1.807, 2.05) is 0 Å². The molecule has 2 fully saturated rings. The van der Waals surface area contributed by atoms with Gasteiger partial charge in [-0.2, -0.15) is 39.5 Å². The molecule has 1 aromatic rings. The van der Waals surface area contributed by atoms with Crippen molar-refractivity contribution in [3.8, 4) is 0 Å². The molecule has 0 aliphatic carbocycles. The van der Waals surface area contributed by atoms with Crippen LogP contribution in [0.3, 0.4) is 0 Å². The number of amides is 1. The Kier molecular flexibility index (Phi) is 7.66. The van der Waals surface area contributed by atoms with Gasteiger partial charge in [-0.1, -0.05) is 6.07 Å². The van der Waals surface area contributed by atoms with Crippen LogP contribution in [-0.2, 0) is 17.5 Å². The Morgan fingerprint density at radius 2 is 1.58 bits per heavy atom. The Bertz CT molecular complexity index is 931. The summed E-state index contributed by atoms with van der Waals surface area (Å²) < 4.78 is 128. The maximum Gasteiger partial charge on any atom is 0.416 e. The monoisotopic (exact) mass is 537 g/mol. The number of hydrogen-bond donors (Lipinski definition) is 1. The highest BCUT2D eigenvalue weighted by Crippen LogP contribution is 2.49. The third kappa shape index (κ3) is 5.93. The second kappa shape index (κ2) is 9.80. The van der Waals surface area contributed by atoms with E-state index in [9.17, 15) is 49.4 Å². The van der Waals surface area contributed by atoms with Crippen molar-refractivity contribution in [1.82, 2.24) is 9.80 Å². The normalized spacial score (nSPS) is 22.9. The van der Waals surface area contributed by atoms with Gasteiger partial charge < -0.3 is 14.7 Å². The lowest BCUT2D eigenvalue weighted by molar-refractivity contribution is -0.316. The SMILES string of the molecule is C[C@]1(C(C(F)(F)F)C(F)(F)F)CN(Cc2ccc(N3CCOCC3)cc2C(F)(F)F)CCN1C(=O)O. The molecule has 2 saturated heterocycles. The summed E-state index contributed by atoms with van der Waals surface area (Å²) in [6.07, 6.45) is -18.5. The van der Waals surface area contributed by atoms with Gasteiger partial charge in [-0.25, -0.2) is 4.79 Å². The molecule has 6 nitrogen and oxygen atoms in total. The zero-order valence-electron chi connectivity index (χ0n) is 19.0. The van der Waals surface area contributed by atoms with Crippen LogP contribution in [0.2, 0.25) is 0 Å². The lowest BCUT2D eigenvalue weighted by Gasteiger charge is -2.51. The van der Waals surface area contributed by atoms with Gasteiger partial charge in [0.25, 0.3) is 0 Å². The first-order chi connectivity index (χ1) is 16.4. The molecule has 2 aliphatic heterocycles. The van der Waals surface area contributed by atoms with E-state index < -0.39 is 61.3 Å². The average molecular weight is 537 g/mol. The number of carboxylic acid groups (broad SMARTS) is 1. The number of halogens is 9. The summed E-state index contributed by atoms with van der Waals surface area (Å²) in [6, 6.07) is 3.43. The topological polar surface area (TPSA) is 56.2 Å². The number of morpholine rings is 1. The summed E-state index contributed by atoms with van der Waals surface area (Å²) in [5.41, 5.74) is -4.19. The predicted molar refractivity (Wildman–Crippen MR) is 108 cm³/mol. The molecule has 1 atom stereocenters. The Labute approximate surface area is 200 Å². The van der Waals surface area contributed by atoms with E-state index in [0.29, 0.717) is 33.2 Å². The molecule has 3 rings (SSSR count). The number of benzene rings is 1. The van der Waals surface area contributed by atoms with E-state index in [1.54, 1.807) is 4.90 Å². The van der Waals surface area contributed by atoms with Crippen LogP contribution in [0, 0.1) is 5.92 Å². The van der Waals surface area contributed by atoms with E-state index in [0.717, 1.165) is 17.0 Å². The number of anilines is 1. The fourth-order valence-corrected chi connectivity index (χ4v) is 4.93. The minimum atomic E-state index is -5.85. The lowest BCUT2D eigenvalue weighted by atomic mass is 9.80. The van der Waals surface area contributed by atoms with Crippen LogP contribution < -0.4 is 4.90 Å². The van der Waals surface area contributed by atoms with E-state index in [4.69, 9.17) is 4.74 Å². The Balaban J connectivity index is 1.95. The van der Waals surface area contributed by atoms with E-state index in [-0.39, 0.29) is 22.7 Å². The molecule has 1 N–H and O–H groups in total. The van der Waals surface area contributed by atoms with E-state index in [1.165, 1.54) is 6.07 Å². The first-order valence-electron chi connectivity index (χ1n) is 10.8. The van der Waals surface area contributed by atoms with Crippen LogP contribution >= 0.6 is 0 Å². The van der Waals surface area contributed by atoms with Gasteiger partial charge in [0.2, 0.25) is 0 Å². The molecule has 0 saturated carbocycles. The van der Waals surface area contributed by atoms with E-state index >= 15 is 0 Å². The molecule has 2 heterocycles. The molecule has 0 bridgehead atoms. The number of carbonyl (C=O) groups is 1. The number of hydrogen-bond acceptors (Lipinski definition) is 4. The second-order valence-electron chi connectivity index (χ2n) is 8.96. The van der Waals surface area contributed by atoms with Gasteiger partial charge in [0, 0.05) is 45.0 Å². The highest BCUT2D eigenvalue weighted by molar-refractivity contribution is 5.66. The summed E-state index contributed by atoms with van der Waals surface area (Å²) in [4.78, 5) is 14.3. The number of ether oxygens (including phenoxy) is 1. The third-order valence-corrected chi connectivity index (χ3v) is 6.48. The number of nitrogens with zero attached hydrogens (tertiary/aromatic N) is 3. The Morgan fingerprint density at radius 3 is 2.08 bits per heavy atom. The minimum Gasteiger partial charge on any atom is -0.465 e. The zero-order valence-corrected chi connectivity index (χ0v) is 19.0. The zero-order chi connectivity index (χ0) is 27.1. The smallest absolute Gasteiger partial charge is 0.416 e. The molecule has 1 aromatic carbocycles. The molecular weight excluding hydrogens is 513 g/mol. The van der Waals surface area contributed by atoms with Gasteiger partial charge in [-0.05, 0) is 24.6 Å². The largest absolute Gasteiger partial charge is 0.465 e. The molecule has 0 radical (unpaired) electrons. The summed E-state index contributed by atoms with van der Waals surface area (Å²) in [5, 5.41) is 9.35. The summed E-state index contributed by atoms with van der Waals surface area (Å²) in [5.74, 6) is -4.04. The van der Waals surface area contributed by atoms with Crippen molar-refractivity contribution >= 4 is 11.8 Å². The predicted octanol–water partition coefficient (Wildman–Crippen LogP) is 4.84. The van der Waals surface area contributed by atoms with Crippen LogP contribution in [-0.4, -0.2) is 84.8 Å². The van der Waals surface area contributed by atoms with Gasteiger partial charge in [0.1, 0.15) is 0 Å². The van der Waals surface area contributed by atoms with Crippen molar-refractivity contribution in [1.29, 1.82) is 0 Å². The van der Waals surface area contributed by atoms with Crippen molar-refractivity contribution in [2.75, 3.05) is 50.8 Å². The molecule has 36 heavy (non-hydrogen) atoms. The Hall–Kier alpha value is -2.42. The van der Waals surface area contributed by atoms with Gasteiger partial charge in [-0.15, -0.1) is 0 Å². The molecule has 1 amide bonds. The molecule has 15 heteroatoms. The van der Waals surface area contributed by atoms with Crippen LogP contribution in [0.1, 0.15) is 18.1 Å². The average Bonchev–Trinajstić information content (AvgIpc) is 2.71. The molecule has 0 aromatic heterocycles. The van der Waals surface area contributed by atoms with Crippen LogP contribution in [0.5, 0.6) is 0 Å². The number of rotatable bonds is 4. The quantitative estimate of drug-likeness (QED) is 0.558. The second-order valence-corrected chi connectivity index (χ2v) is 8.96. The molecule has 204 valence electrons. The van der Waals surface area contributed by atoms with Gasteiger partial charge in [0.05, 0.1) is 24.3 Å². The number of piperazine rings is 1. The van der Waals surface area contributed by atoms with Crippen molar-refractivity contribution < 1.29 is 54.2 Å². The van der Waals surface area contributed by atoms with Crippen molar-refractivity contribution in [2.45, 2.75) is 37.5 Å². The third-order valence-electron chi connectivity index (χ3n) is 6.48. The summed E-state index contributed by atoms with van der Waals surface area (Å²) >= 11 is 0. The summed E-state index contributed by atoms with van der Waals surface area (Å²) in [6.45, 7) is -0.954. The van der Waals surface area contributed by atoms with Crippen LogP contribution in [0.25, 0.3) is 0 Å². The standard InChI is InChI=1S/C21H24F9N3O3/c1-18(16(20(25,26)27)21(28,29)30)12-31(4-5-33(18)17(34)35)11-13-2-3-14(10-15(13)19(22,23)24)32-6-8-36-9-7-32/h2-3,10,16H,4-9,11-12H2,1H3,(H,34,35)/t18-/m1/s1. The first-order valence-corrected chi connectivity index (χ1v) is 10.8. The lowest BCUT2D eigenvalue weighted by Crippen LogP contribution is -2.70. The summed E-state index contributed by atoms with van der Waals surface area (Å²) in [7, 11) is 0. The van der Waals surface area contributed by atoms with Crippen molar-refractivity contribution in [3.63, 3.8) is 0 Å². The van der Waals surface area contributed by atoms with Crippen LogP contribution in [0.15, 0.2) is 18.2 Å². The van der Waals surface area contributed by atoms with Crippen molar-refractivity contribution in [3.05, 3.63) is 29.3 Å². The highest BCUT2D eigenvalue weighted by atomic mass is 19.4. The van der Waals surface area contributed by atoms with Gasteiger partial charge >= 0.3 is 24.6 Å². The molecule has 0 spiro atoms. The number of alkyl halides is 9. The van der Waals surface area contributed by atoms with Crippen molar-refractivity contribution in [2.24, 2.45) is 5.92 Å². The van der Waals surface area contributed by atoms with E-state index in [2.05, 4.69) is 0 Å². The van der Waals surface area contributed by atoms with Gasteiger partial charge in [0.15, 0.2) is 5.92 Å². The molecular formula is C21H24F9N3O3. The fraction of sp³-hybridized carbons (Fsp3) is 0.667. The minimum absolute atomic E-state index is 0.0708. The fourth-order valence-electron chi connectivity index (χ4n) is 4.93. The maximum absolute atomic E-state index is 13.9. The maximum atomic E-state index is 13.9. The van der Waals surface area contributed by atoms with Gasteiger partial charge in [-0.3, -0.25) is 9.80 Å². The van der Waals surface area contributed by atoms with Crippen LogP contribution in [0.4, 0.5) is 50.0 Å². The first kappa shape index (κ1) is 28.2.